The van der Waals surface area contributed by atoms with Crippen molar-refractivity contribution in [3.63, 3.8) is 0 Å². The summed E-state index contributed by atoms with van der Waals surface area (Å²) in [6.07, 6.45) is 4.48. The summed E-state index contributed by atoms with van der Waals surface area (Å²) in [4.78, 5) is 28.0. The topological polar surface area (TPSA) is 59.1 Å². The van der Waals surface area contributed by atoms with Gasteiger partial charge in [-0.2, -0.15) is 0 Å². The van der Waals surface area contributed by atoms with Gasteiger partial charge in [-0.1, -0.05) is 6.07 Å². The molecule has 0 aliphatic carbocycles. The Balaban J connectivity index is 1.89. The van der Waals surface area contributed by atoms with Crippen molar-refractivity contribution in [2.45, 2.75) is 19.8 Å². The first kappa shape index (κ1) is 21.1. The minimum Gasteiger partial charge on any atom is -0.493 e. The molecule has 0 unspecified atom stereocenters. The maximum Gasteiger partial charge on any atom is 0.246 e. The normalized spacial score (nSPS) is 14.5. The van der Waals surface area contributed by atoms with Gasteiger partial charge >= 0.3 is 0 Å². The lowest BCUT2D eigenvalue weighted by Crippen LogP contribution is -2.50. The van der Waals surface area contributed by atoms with Crippen LogP contribution in [0.25, 0.3) is 6.08 Å². The number of halogens is 1. The number of carbonyl (C=O) groups is 2. The van der Waals surface area contributed by atoms with Gasteiger partial charge in [0, 0.05) is 44.6 Å². The van der Waals surface area contributed by atoms with Crippen molar-refractivity contribution in [1.82, 2.24) is 9.80 Å². The van der Waals surface area contributed by atoms with Crippen LogP contribution in [-0.2, 0) is 9.59 Å². The third-order valence-electron chi connectivity index (χ3n) is 4.37. The lowest BCUT2D eigenvalue weighted by atomic mass is 10.1. The molecule has 0 spiro atoms. The largest absolute Gasteiger partial charge is 0.493 e. The van der Waals surface area contributed by atoms with Crippen molar-refractivity contribution in [2.24, 2.45) is 0 Å². The molecule has 2 amide bonds. The molecule has 1 aliphatic heterocycles. The van der Waals surface area contributed by atoms with Crippen LogP contribution in [0.2, 0.25) is 0 Å². The van der Waals surface area contributed by atoms with Crippen molar-refractivity contribution in [3.8, 4) is 11.5 Å². The first-order valence-electron chi connectivity index (χ1n) is 9.20. The zero-order valence-electron chi connectivity index (χ0n) is 15.9. The van der Waals surface area contributed by atoms with Crippen LogP contribution in [0, 0.1) is 0 Å². The van der Waals surface area contributed by atoms with E-state index in [0.29, 0.717) is 63.0 Å². The summed E-state index contributed by atoms with van der Waals surface area (Å²) in [6, 6.07) is 5.55. The minimum absolute atomic E-state index is 0.0595. The Morgan fingerprint density at radius 2 is 1.85 bits per heavy atom. The van der Waals surface area contributed by atoms with Crippen LogP contribution in [0.5, 0.6) is 11.5 Å². The first-order valence-corrected chi connectivity index (χ1v) is 9.74. The van der Waals surface area contributed by atoms with E-state index in [2.05, 4.69) is 0 Å². The first-order chi connectivity index (χ1) is 13.1. The summed E-state index contributed by atoms with van der Waals surface area (Å²) in [5.74, 6) is 1.86. The summed E-state index contributed by atoms with van der Waals surface area (Å²) in [7, 11) is 1.59. The quantitative estimate of drug-likeness (QED) is 0.502. The average molecular weight is 395 g/mol. The van der Waals surface area contributed by atoms with Gasteiger partial charge in [0.15, 0.2) is 11.5 Å². The standard InChI is InChI=1S/C20H27ClN2O4/c1-3-27-17-8-6-16(15-18(17)26-2)7-9-20(25)23-13-11-22(12-14-23)19(24)5-4-10-21/h6-9,15H,3-5,10-14H2,1-2H3/b9-7+. The Hall–Kier alpha value is -2.21. The van der Waals surface area contributed by atoms with Crippen LogP contribution < -0.4 is 9.47 Å². The maximum atomic E-state index is 12.4. The second-order valence-electron chi connectivity index (χ2n) is 6.18. The summed E-state index contributed by atoms with van der Waals surface area (Å²) >= 11 is 5.63. The molecular weight excluding hydrogens is 368 g/mol. The fraction of sp³-hybridized carbons (Fsp3) is 0.500. The Morgan fingerprint density at radius 1 is 1.15 bits per heavy atom. The molecule has 0 saturated carbocycles. The molecule has 0 aromatic heterocycles. The predicted molar refractivity (Wildman–Crippen MR) is 106 cm³/mol. The van der Waals surface area contributed by atoms with E-state index in [4.69, 9.17) is 21.1 Å². The Kier molecular flexibility index (Phi) is 8.45. The van der Waals surface area contributed by atoms with E-state index >= 15 is 0 Å². The van der Waals surface area contributed by atoms with Crippen molar-refractivity contribution in [2.75, 3.05) is 45.8 Å². The molecular formula is C20H27ClN2O4. The zero-order chi connectivity index (χ0) is 19.6. The number of amides is 2. The predicted octanol–water partition coefficient (Wildman–Crippen LogP) is 2.80. The number of nitrogens with zero attached hydrogens (tertiary/aromatic N) is 2. The Labute approximate surface area is 165 Å². The number of methoxy groups -OCH3 is 1. The molecule has 1 fully saturated rings. The van der Waals surface area contributed by atoms with E-state index in [-0.39, 0.29) is 11.8 Å². The molecule has 0 atom stereocenters. The highest BCUT2D eigenvalue weighted by Crippen LogP contribution is 2.28. The van der Waals surface area contributed by atoms with Gasteiger partial charge < -0.3 is 19.3 Å². The molecule has 7 heteroatoms. The number of hydrogen-bond acceptors (Lipinski definition) is 4. The van der Waals surface area contributed by atoms with Gasteiger partial charge in [-0.25, -0.2) is 0 Å². The molecule has 0 radical (unpaired) electrons. The fourth-order valence-corrected chi connectivity index (χ4v) is 3.02. The van der Waals surface area contributed by atoms with Gasteiger partial charge in [0.05, 0.1) is 13.7 Å². The lowest BCUT2D eigenvalue weighted by Gasteiger charge is -2.34. The molecule has 1 aromatic rings. The van der Waals surface area contributed by atoms with E-state index in [1.165, 1.54) is 0 Å². The summed E-state index contributed by atoms with van der Waals surface area (Å²) in [5.41, 5.74) is 0.860. The smallest absolute Gasteiger partial charge is 0.246 e. The molecule has 1 aliphatic rings. The molecule has 2 rings (SSSR count). The van der Waals surface area contributed by atoms with Gasteiger partial charge in [0.25, 0.3) is 0 Å². The number of piperazine rings is 1. The van der Waals surface area contributed by atoms with Crippen molar-refractivity contribution in [1.29, 1.82) is 0 Å². The number of benzene rings is 1. The Bertz CT molecular complexity index is 670. The monoisotopic (exact) mass is 394 g/mol. The number of hydrogen-bond donors (Lipinski definition) is 0. The highest BCUT2D eigenvalue weighted by atomic mass is 35.5. The zero-order valence-corrected chi connectivity index (χ0v) is 16.7. The van der Waals surface area contributed by atoms with Gasteiger partial charge in [0.2, 0.25) is 11.8 Å². The summed E-state index contributed by atoms with van der Waals surface area (Å²) in [6.45, 7) is 4.70. The molecule has 1 heterocycles. The molecule has 0 N–H and O–H groups in total. The van der Waals surface area contributed by atoms with E-state index in [0.717, 1.165) is 5.56 Å². The highest BCUT2D eigenvalue weighted by Gasteiger charge is 2.22. The third kappa shape index (κ3) is 6.17. The average Bonchev–Trinajstić information content (AvgIpc) is 2.71. The molecule has 1 saturated heterocycles. The lowest BCUT2D eigenvalue weighted by molar-refractivity contribution is -0.137. The van der Waals surface area contributed by atoms with Crippen LogP contribution in [0.15, 0.2) is 24.3 Å². The number of rotatable bonds is 8. The van der Waals surface area contributed by atoms with Crippen LogP contribution in [0.3, 0.4) is 0 Å². The van der Waals surface area contributed by atoms with Crippen LogP contribution in [0.1, 0.15) is 25.3 Å². The van der Waals surface area contributed by atoms with E-state index in [9.17, 15) is 9.59 Å². The van der Waals surface area contributed by atoms with Gasteiger partial charge in [-0.05, 0) is 37.1 Å². The Morgan fingerprint density at radius 3 is 2.48 bits per heavy atom. The van der Waals surface area contributed by atoms with Crippen LogP contribution in [-0.4, -0.2) is 67.4 Å². The molecule has 1 aromatic carbocycles. The number of carbonyl (C=O) groups excluding carboxylic acids is 2. The van der Waals surface area contributed by atoms with Crippen LogP contribution in [0.4, 0.5) is 0 Å². The van der Waals surface area contributed by atoms with E-state index in [1.807, 2.05) is 25.1 Å². The van der Waals surface area contributed by atoms with Gasteiger partial charge in [-0.3, -0.25) is 9.59 Å². The van der Waals surface area contributed by atoms with Crippen LogP contribution >= 0.6 is 11.6 Å². The van der Waals surface area contributed by atoms with Crippen molar-refractivity contribution >= 4 is 29.5 Å². The molecule has 27 heavy (non-hydrogen) atoms. The number of alkyl halides is 1. The van der Waals surface area contributed by atoms with Gasteiger partial charge in [-0.15, -0.1) is 11.6 Å². The SMILES string of the molecule is CCOc1ccc(/C=C/C(=O)N2CCN(C(=O)CCCCl)CC2)cc1OC. The molecule has 0 bridgehead atoms. The van der Waals surface area contributed by atoms with E-state index < -0.39 is 0 Å². The summed E-state index contributed by atoms with van der Waals surface area (Å²) < 4.78 is 10.8. The van der Waals surface area contributed by atoms with Crippen molar-refractivity contribution in [3.05, 3.63) is 29.8 Å². The second kappa shape index (κ2) is 10.8. The fourth-order valence-electron chi connectivity index (χ4n) is 2.89. The van der Waals surface area contributed by atoms with Crippen molar-refractivity contribution < 1.29 is 19.1 Å². The second-order valence-corrected chi connectivity index (χ2v) is 6.55. The maximum absolute atomic E-state index is 12.4. The minimum atomic E-state index is -0.0595. The molecule has 148 valence electrons. The van der Waals surface area contributed by atoms with E-state index in [1.54, 1.807) is 29.1 Å². The molecule has 6 nitrogen and oxygen atoms in total. The van der Waals surface area contributed by atoms with Gasteiger partial charge in [0.1, 0.15) is 0 Å². The number of ether oxygens (including phenoxy) is 2. The highest BCUT2D eigenvalue weighted by molar-refractivity contribution is 6.17. The summed E-state index contributed by atoms with van der Waals surface area (Å²) in [5, 5.41) is 0. The third-order valence-corrected chi connectivity index (χ3v) is 4.64.